The lowest BCUT2D eigenvalue weighted by Crippen LogP contribution is -2.38. The molecule has 2 amide bonds. The minimum atomic E-state index is -2.11. The molecule has 4 N–H and O–H groups in total. The van der Waals surface area contributed by atoms with E-state index in [-0.39, 0.29) is 6.54 Å². The lowest BCUT2D eigenvalue weighted by Gasteiger charge is -2.17. The molecule has 7 nitrogen and oxygen atoms in total. The predicted octanol–water partition coefficient (Wildman–Crippen LogP) is -2.74. The third-order valence-corrected chi connectivity index (χ3v) is 1.54. The number of hydrogen-bond acceptors (Lipinski definition) is 5. The van der Waals surface area contributed by atoms with Crippen molar-refractivity contribution in [3.05, 3.63) is 0 Å². The first-order valence-electron chi connectivity index (χ1n) is 3.26. The van der Waals surface area contributed by atoms with Gasteiger partial charge in [0.2, 0.25) is 0 Å². The zero-order valence-corrected chi connectivity index (χ0v) is 6.21. The van der Waals surface area contributed by atoms with Crippen molar-refractivity contribution in [2.45, 2.75) is 5.91 Å². The van der Waals surface area contributed by atoms with Crippen molar-refractivity contribution >= 4 is 6.03 Å². The molecule has 0 radical (unpaired) electrons. The number of hydrogen-bond donors (Lipinski definition) is 4. The number of nitrogens with zero attached hydrogens (tertiary/aromatic N) is 2. The van der Waals surface area contributed by atoms with Gasteiger partial charge < -0.3 is 20.4 Å². The van der Waals surface area contributed by atoms with Crippen LogP contribution >= 0.6 is 0 Å². The molecule has 0 spiro atoms. The van der Waals surface area contributed by atoms with Gasteiger partial charge in [-0.2, -0.15) is 0 Å². The Labute approximate surface area is 68.1 Å². The Hall–Kier alpha value is -0.890. The van der Waals surface area contributed by atoms with E-state index in [4.69, 9.17) is 20.4 Å². The van der Waals surface area contributed by atoms with E-state index in [1.807, 2.05) is 0 Å². The van der Waals surface area contributed by atoms with Crippen LogP contribution in [0.15, 0.2) is 0 Å². The fourth-order valence-electron chi connectivity index (χ4n) is 0.734. The highest BCUT2D eigenvalue weighted by Crippen LogP contribution is 2.26. The van der Waals surface area contributed by atoms with Crippen molar-refractivity contribution < 1.29 is 25.2 Å². The largest absolute Gasteiger partial charge is 0.376 e. The van der Waals surface area contributed by atoms with E-state index < -0.39 is 25.4 Å². The summed E-state index contributed by atoms with van der Waals surface area (Å²) in [7, 11) is 0. The van der Waals surface area contributed by atoms with Crippen LogP contribution in [0.1, 0.15) is 0 Å². The summed E-state index contributed by atoms with van der Waals surface area (Å²) in [5, 5.41) is 34.5. The van der Waals surface area contributed by atoms with E-state index >= 15 is 0 Å². The second-order valence-corrected chi connectivity index (χ2v) is 2.47. The predicted molar refractivity (Wildman–Crippen MR) is 35.3 cm³/mol. The number of rotatable bonds is 2. The Balaban J connectivity index is 2.49. The zero-order chi connectivity index (χ0) is 9.35. The number of carbonyl (C=O) groups excluding carboxylic acids is 1. The molecule has 1 rings (SSSR count). The van der Waals surface area contributed by atoms with Crippen LogP contribution in [0, 0.1) is 0 Å². The van der Waals surface area contributed by atoms with Crippen LogP contribution in [0.25, 0.3) is 0 Å². The lowest BCUT2D eigenvalue weighted by atomic mass is 10.7. The molecule has 1 saturated heterocycles. The van der Waals surface area contributed by atoms with Crippen LogP contribution < -0.4 is 0 Å². The Morgan fingerprint density at radius 2 is 1.83 bits per heavy atom. The number of β-amino-alcohol motifs (C(OH)–C–C–N with tert-alkyl or cyclic N) is 2. The Morgan fingerprint density at radius 3 is 2.08 bits per heavy atom. The Morgan fingerprint density at radius 1 is 1.42 bits per heavy atom. The smallest absolute Gasteiger partial charge is 0.328 e. The van der Waals surface area contributed by atoms with Crippen LogP contribution in [0.3, 0.4) is 0 Å². The van der Waals surface area contributed by atoms with Crippen molar-refractivity contribution in [3.8, 4) is 0 Å². The summed E-state index contributed by atoms with van der Waals surface area (Å²) < 4.78 is 0. The minimum absolute atomic E-state index is 0.206. The molecule has 0 aromatic rings. The van der Waals surface area contributed by atoms with Gasteiger partial charge in [0.1, 0.15) is 20.0 Å². The minimum Gasteiger partial charge on any atom is -0.376 e. The van der Waals surface area contributed by atoms with Gasteiger partial charge in [0, 0.05) is 0 Å². The molecule has 0 bridgehead atoms. The fourth-order valence-corrected chi connectivity index (χ4v) is 0.734. The summed E-state index contributed by atoms with van der Waals surface area (Å²) in [5.41, 5.74) is 0. The first-order valence-corrected chi connectivity index (χ1v) is 3.26. The highest BCUT2D eigenvalue weighted by molar-refractivity contribution is 5.77. The van der Waals surface area contributed by atoms with Crippen molar-refractivity contribution in [1.82, 2.24) is 9.80 Å². The van der Waals surface area contributed by atoms with Gasteiger partial charge in [0.25, 0.3) is 5.91 Å². The van der Waals surface area contributed by atoms with Gasteiger partial charge in [-0.3, -0.25) is 9.80 Å². The third kappa shape index (κ3) is 1.48. The molecule has 70 valence electrons. The molecule has 1 fully saturated rings. The van der Waals surface area contributed by atoms with Crippen molar-refractivity contribution in [1.29, 1.82) is 0 Å². The highest BCUT2D eigenvalue weighted by Gasteiger charge is 2.54. The van der Waals surface area contributed by atoms with Gasteiger partial charge in [0.05, 0.1) is 0 Å². The molecule has 12 heavy (non-hydrogen) atoms. The first-order chi connectivity index (χ1) is 5.53. The lowest BCUT2D eigenvalue weighted by molar-refractivity contribution is -0.105. The summed E-state index contributed by atoms with van der Waals surface area (Å²) in [4.78, 5) is 12.3. The average molecular weight is 178 g/mol. The summed E-state index contributed by atoms with van der Waals surface area (Å²) in [6, 6.07) is -0.815. The van der Waals surface area contributed by atoms with Crippen LogP contribution in [0.4, 0.5) is 4.79 Å². The second-order valence-electron chi connectivity index (χ2n) is 2.47. The third-order valence-electron chi connectivity index (χ3n) is 1.54. The summed E-state index contributed by atoms with van der Waals surface area (Å²) in [6.07, 6.45) is 0. The molecule has 0 aliphatic carbocycles. The summed E-state index contributed by atoms with van der Waals surface area (Å²) in [5.74, 6) is -2.11. The maximum Gasteiger partial charge on any atom is 0.328 e. The van der Waals surface area contributed by atoms with Gasteiger partial charge in [-0.25, -0.2) is 4.79 Å². The molecule has 1 aliphatic rings. The topological polar surface area (TPSA) is 104 Å². The maximum atomic E-state index is 11.0. The quantitative estimate of drug-likeness (QED) is 0.271. The molecule has 1 aliphatic heterocycles. The van der Waals surface area contributed by atoms with Gasteiger partial charge in [0.15, 0.2) is 0 Å². The average Bonchev–Trinajstić information content (AvgIpc) is 2.62. The molecular weight excluding hydrogens is 168 g/mol. The molecule has 1 heterocycles. The van der Waals surface area contributed by atoms with Gasteiger partial charge >= 0.3 is 6.03 Å². The second kappa shape index (κ2) is 2.87. The Bertz CT molecular complexity index is 186. The fraction of sp³-hybridized carbons (Fsp3) is 0.800. The van der Waals surface area contributed by atoms with Crippen molar-refractivity contribution in [3.63, 3.8) is 0 Å². The molecular formula is C5H10N2O5. The van der Waals surface area contributed by atoms with E-state index in [0.29, 0.717) is 9.80 Å². The Kier molecular flexibility index (Phi) is 2.20. The van der Waals surface area contributed by atoms with E-state index in [2.05, 4.69) is 0 Å². The van der Waals surface area contributed by atoms with Crippen LogP contribution in [-0.2, 0) is 0 Å². The first kappa shape index (κ1) is 9.20. The van der Waals surface area contributed by atoms with Gasteiger partial charge in [-0.15, -0.1) is 0 Å². The van der Waals surface area contributed by atoms with E-state index in [1.54, 1.807) is 0 Å². The standard InChI is InChI=1S/C5H10N2O5/c8-2-6(3-9)4(10)7-1-5(7,11)12/h8-9,11-12H,1-3H2. The SMILES string of the molecule is O=C(N(CO)CO)N1CC1(O)O. The van der Waals surface area contributed by atoms with Gasteiger partial charge in [-0.05, 0) is 0 Å². The van der Waals surface area contributed by atoms with E-state index in [0.717, 1.165) is 0 Å². The maximum absolute atomic E-state index is 11.0. The number of urea groups is 1. The highest BCUT2D eigenvalue weighted by atomic mass is 16.6. The van der Waals surface area contributed by atoms with Crippen LogP contribution in [0.5, 0.6) is 0 Å². The van der Waals surface area contributed by atoms with Crippen LogP contribution in [-0.4, -0.2) is 62.2 Å². The molecule has 7 heteroatoms. The number of carbonyl (C=O) groups is 1. The normalized spacial score (nSPS) is 19.2. The molecule has 0 unspecified atom stereocenters. The number of aliphatic hydroxyl groups is 4. The number of aliphatic hydroxyl groups excluding tert-OH is 2. The molecule has 0 saturated carbocycles. The number of amides is 2. The molecule has 0 aromatic carbocycles. The summed E-state index contributed by atoms with van der Waals surface area (Å²) >= 11 is 0. The van der Waals surface area contributed by atoms with Gasteiger partial charge in [-0.1, -0.05) is 0 Å². The van der Waals surface area contributed by atoms with E-state index in [9.17, 15) is 4.79 Å². The summed E-state index contributed by atoms with van der Waals surface area (Å²) in [6.45, 7) is -1.54. The molecule has 0 atom stereocenters. The van der Waals surface area contributed by atoms with Crippen molar-refractivity contribution in [2.75, 3.05) is 20.0 Å². The molecule has 0 aromatic heterocycles. The monoisotopic (exact) mass is 178 g/mol. The van der Waals surface area contributed by atoms with Crippen molar-refractivity contribution in [2.24, 2.45) is 0 Å². The zero-order valence-electron chi connectivity index (χ0n) is 6.21. The van der Waals surface area contributed by atoms with Crippen LogP contribution in [0.2, 0.25) is 0 Å². The van der Waals surface area contributed by atoms with E-state index in [1.165, 1.54) is 0 Å².